The third-order valence-electron chi connectivity index (χ3n) is 3.37. The summed E-state index contributed by atoms with van der Waals surface area (Å²) < 4.78 is 6.39. The molecule has 18 heavy (non-hydrogen) atoms. The summed E-state index contributed by atoms with van der Waals surface area (Å²) in [5.41, 5.74) is 6.87. The molecule has 0 radical (unpaired) electrons. The molecule has 2 atom stereocenters. The number of hydrogen-bond acceptors (Lipinski definition) is 4. The fourth-order valence-electron chi connectivity index (χ4n) is 2.36. The quantitative estimate of drug-likeness (QED) is 0.926. The summed E-state index contributed by atoms with van der Waals surface area (Å²) in [4.78, 5) is 4.48. The molecule has 1 saturated carbocycles. The second kappa shape index (κ2) is 4.82. The average molecular weight is 308 g/mol. The molecule has 5 heteroatoms. The molecule has 2 unspecified atom stereocenters. The number of hydrogen-bond donors (Lipinski definition) is 1. The molecule has 4 nitrogen and oxygen atoms in total. The van der Waals surface area contributed by atoms with Crippen molar-refractivity contribution in [1.82, 2.24) is 10.1 Å². The molecule has 1 aliphatic carbocycles. The Bertz CT molecular complexity index is 537. The van der Waals surface area contributed by atoms with Gasteiger partial charge in [-0.15, -0.1) is 0 Å². The Morgan fingerprint density at radius 3 is 2.67 bits per heavy atom. The molecule has 1 heterocycles. The lowest BCUT2D eigenvalue weighted by Crippen LogP contribution is -2.14. The van der Waals surface area contributed by atoms with Gasteiger partial charge in [0.25, 0.3) is 0 Å². The minimum Gasteiger partial charge on any atom is -0.339 e. The summed E-state index contributed by atoms with van der Waals surface area (Å²) in [7, 11) is 0. The number of nitrogens with two attached hydrogens (primary N) is 1. The summed E-state index contributed by atoms with van der Waals surface area (Å²) in [5, 5.41) is 4.04. The number of nitrogens with zero attached hydrogens (tertiary/aromatic N) is 2. The van der Waals surface area contributed by atoms with Crippen molar-refractivity contribution in [3.05, 3.63) is 34.6 Å². The van der Waals surface area contributed by atoms with E-state index in [1.54, 1.807) is 0 Å². The van der Waals surface area contributed by atoms with Gasteiger partial charge in [-0.05, 0) is 43.5 Å². The third-order valence-corrected chi connectivity index (χ3v) is 3.90. The van der Waals surface area contributed by atoms with Crippen LogP contribution in [0.1, 0.15) is 31.1 Å². The highest BCUT2D eigenvalue weighted by molar-refractivity contribution is 9.10. The predicted octanol–water partition coefficient (Wildman–Crippen LogP) is 3.09. The van der Waals surface area contributed by atoms with Gasteiger partial charge in [-0.25, -0.2) is 0 Å². The maximum atomic E-state index is 5.90. The average Bonchev–Trinajstić information content (AvgIpc) is 2.98. The zero-order valence-corrected chi connectivity index (χ0v) is 11.4. The molecule has 1 aromatic heterocycles. The first kappa shape index (κ1) is 11.9. The van der Waals surface area contributed by atoms with Gasteiger partial charge in [0.2, 0.25) is 11.7 Å². The SMILES string of the molecule is NC1CCC(c2nc(-c3ccc(Br)cc3)no2)C1. The monoisotopic (exact) mass is 307 g/mol. The van der Waals surface area contributed by atoms with Crippen molar-refractivity contribution in [3.63, 3.8) is 0 Å². The lowest BCUT2D eigenvalue weighted by molar-refractivity contribution is 0.353. The summed E-state index contributed by atoms with van der Waals surface area (Å²) >= 11 is 3.41. The third kappa shape index (κ3) is 2.33. The van der Waals surface area contributed by atoms with Crippen molar-refractivity contribution in [2.24, 2.45) is 5.73 Å². The molecule has 1 fully saturated rings. The van der Waals surface area contributed by atoms with Crippen molar-refractivity contribution in [1.29, 1.82) is 0 Å². The van der Waals surface area contributed by atoms with Gasteiger partial charge in [-0.2, -0.15) is 4.98 Å². The summed E-state index contributed by atoms with van der Waals surface area (Å²) in [6.45, 7) is 0. The number of aromatic nitrogens is 2. The smallest absolute Gasteiger partial charge is 0.230 e. The molecule has 0 saturated heterocycles. The lowest BCUT2D eigenvalue weighted by Gasteiger charge is -2.01. The van der Waals surface area contributed by atoms with Crippen molar-refractivity contribution in [2.75, 3.05) is 0 Å². The predicted molar refractivity (Wildman–Crippen MR) is 72.0 cm³/mol. The van der Waals surface area contributed by atoms with Crippen molar-refractivity contribution < 1.29 is 4.52 Å². The van der Waals surface area contributed by atoms with Gasteiger partial charge < -0.3 is 10.3 Å². The molecule has 0 spiro atoms. The van der Waals surface area contributed by atoms with E-state index in [1.165, 1.54) is 0 Å². The maximum absolute atomic E-state index is 5.90. The number of benzene rings is 1. The first-order valence-electron chi connectivity index (χ1n) is 6.07. The molecular formula is C13H14BrN3O. The van der Waals surface area contributed by atoms with Crippen LogP contribution < -0.4 is 5.73 Å². The number of rotatable bonds is 2. The second-order valence-corrected chi connectivity index (χ2v) is 5.65. The molecule has 94 valence electrons. The van der Waals surface area contributed by atoms with Crippen LogP contribution in [0, 0.1) is 0 Å². The highest BCUT2D eigenvalue weighted by Crippen LogP contribution is 2.33. The molecule has 0 bridgehead atoms. The normalized spacial score (nSPS) is 23.4. The van der Waals surface area contributed by atoms with E-state index in [2.05, 4.69) is 26.1 Å². The zero-order chi connectivity index (χ0) is 12.5. The van der Waals surface area contributed by atoms with Gasteiger partial charge in [0.15, 0.2) is 0 Å². The summed E-state index contributed by atoms with van der Waals surface area (Å²) in [5.74, 6) is 1.70. The van der Waals surface area contributed by atoms with E-state index in [4.69, 9.17) is 10.3 Å². The van der Waals surface area contributed by atoms with Crippen LogP contribution in [0.3, 0.4) is 0 Å². The Morgan fingerprint density at radius 2 is 2.00 bits per heavy atom. The fraction of sp³-hybridized carbons (Fsp3) is 0.385. The molecule has 1 aromatic carbocycles. The fourth-order valence-corrected chi connectivity index (χ4v) is 2.62. The van der Waals surface area contributed by atoms with Gasteiger partial charge >= 0.3 is 0 Å². The van der Waals surface area contributed by atoms with E-state index < -0.39 is 0 Å². The molecule has 2 aromatic rings. The van der Waals surface area contributed by atoms with Gasteiger partial charge in [0.05, 0.1) is 0 Å². The topological polar surface area (TPSA) is 64.9 Å². The van der Waals surface area contributed by atoms with Crippen molar-refractivity contribution in [3.8, 4) is 11.4 Å². The largest absolute Gasteiger partial charge is 0.339 e. The molecule has 3 rings (SSSR count). The second-order valence-electron chi connectivity index (χ2n) is 4.73. The minimum absolute atomic E-state index is 0.276. The first-order valence-corrected chi connectivity index (χ1v) is 6.87. The Morgan fingerprint density at radius 1 is 1.22 bits per heavy atom. The van der Waals surface area contributed by atoms with E-state index in [0.29, 0.717) is 11.7 Å². The molecular weight excluding hydrogens is 294 g/mol. The van der Waals surface area contributed by atoms with Crippen LogP contribution in [0.4, 0.5) is 0 Å². The van der Waals surface area contributed by atoms with E-state index >= 15 is 0 Å². The minimum atomic E-state index is 0.276. The highest BCUT2D eigenvalue weighted by Gasteiger charge is 2.27. The van der Waals surface area contributed by atoms with Crippen LogP contribution in [0.2, 0.25) is 0 Å². The van der Waals surface area contributed by atoms with Gasteiger partial charge in [-0.1, -0.05) is 21.1 Å². The Balaban J connectivity index is 1.83. The van der Waals surface area contributed by atoms with Gasteiger partial charge in [0.1, 0.15) is 0 Å². The van der Waals surface area contributed by atoms with E-state index in [1.807, 2.05) is 24.3 Å². The Kier molecular flexibility index (Phi) is 3.18. The van der Waals surface area contributed by atoms with Crippen LogP contribution in [0.15, 0.2) is 33.3 Å². The van der Waals surface area contributed by atoms with Gasteiger partial charge in [0, 0.05) is 22.0 Å². The Hall–Kier alpha value is -1.20. The standard InChI is InChI=1S/C13H14BrN3O/c14-10-4-1-8(2-5-10)12-16-13(18-17-12)9-3-6-11(15)7-9/h1-2,4-5,9,11H,3,6-7,15H2. The maximum Gasteiger partial charge on any atom is 0.230 e. The van der Waals surface area contributed by atoms with E-state index in [0.717, 1.165) is 35.2 Å². The van der Waals surface area contributed by atoms with E-state index in [9.17, 15) is 0 Å². The first-order chi connectivity index (χ1) is 8.72. The number of halogens is 1. The Labute approximate surface area is 114 Å². The molecule has 2 N–H and O–H groups in total. The highest BCUT2D eigenvalue weighted by atomic mass is 79.9. The van der Waals surface area contributed by atoms with Crippen molar-refractivity contribution in [2.45, 2.75) is 31.2 Å². The van der Waals surface area contributed by atoms with Crippen LogP contribution in [0.25, 0.3) is 11.4 Å². The van der Waals surface area contributed by atoms with Crippen LogP contribution in [-0.2, 0) is 0 Å². The van der Waals surface area contributed by atoms with Crippen LogP contribution in [-0.4, -0.2) is 16.2 Å². The van der Waals surface area contributed by atoms with Crippen LogP contribution in [0.5, 0.6) is 0 Å². The van der Waals surface area contributed by atoms with Crippen LogP contribution >= 0.6 is 15.9 Å². The molecule has 0 amide bonds. The zero-order valence-electron chi connectivity index (χ0n) is 9.84. The molecule has 0 aliphatic heterocycles. The molecule has 1 aliphatic rings. The lowest BCUT2D eigenvalue weighted by atomic mass is 10.1. The summed E-state index contributed by atoms with van der Waals surface area (Å²) in [6, 6.07) is 8.16. The van der Waals surface area contributed by atoms with E-state index in [-0.39, 0.29) is 6.04 Å². The van der Waals surface area contributed by atoms with Gasteiger partial charge in [-0.3, -0.25) is 0 Å². The summed E-state index contributed by atoms with van der Waals surface area (Å²) in [6.07, 6.45) is 3.03. The van der Waals surface area contributed by atoms with Crippen molar-refractivity contribution >= 4 is 15.9 Å².